The quantitative estimate of drug-likeness (QED) is 0.495. The zero-order valence-electron chi connectivity index (χ0n) is 13.4. The molecule has 0 spiro atoms. The van der Waals surface area contributed by atoms with E-state index in [1.807, 2.05) is 30.3 Å². The van der Waals surface area contributed by atoms with E-state index in [1.165, 1.54) is 23.1 Å². The van der Waals surface area contributed by atoms with Crippen LogP contribution in [0.4, 0.5) is 11.4 Å². The predicted octanol–water partition coefficient (Wildman–Crippen LogP) is 2.38. The van der Waals surface area contributed by atoms with Crippen LogP contribution in [0.5, 0.6) is 0 Å². The number of rotatable bonds is 6. The van der Waals surface area contributed by atoms with Crippen molar-refractivity contribution in [2.75, 3.05) is 11.9 Å². The van der Waals surface area contributed by atoms with E-state index in [9.17, 15) is 19.7 Å². The largest absolute Gasteiger partial charge is 0.373 e. The van der Waals surface area contributed by atoms with Crippen LogP contribution >= 0.6 is 0 Å². The fourth-order valence-corrected chi connectivity index (χ4v) is 2.83. The Kier molecular flexibility index (Phi) is 4.74. The third-order valence-electron chi connectivity index (χ3n) is 4.11. The predicted molar refractivity (Wildman–Crippen MR) is 92.0 cm³/mol. The molecule has 7 nitrogen and oxygen atoms in total. The maximum Gasteiger partial charge on any atom is 0.271 e. The van der Waals surface area contributed by atoms with E-state index in [4.69, 9.17) is 0 Å². The van der Waals surface area contributed by atoms with Gasteiger partial charge >= 0.3 is 0 Å². The Morgan fingerprint density at radius 2 is 1.88 bits per heavy atom. The maximum atomic E-state index is 12.5. The molecule has 1 aliphatic rings. The summed E-state index contributed by atoms with van der Waals surface area (Å²) < 4.78 is 0. The Morgan fingerprint density at radius 3 is 2.60 bits per heavy atom. The molecule has 1 fully saturated rings. The van der Waals surface area contributed by atoms with E-state index >= 15 is 0 Å². The molecule has 128 valence electrons. The lowest BCUT2D eigenvalue weighted by Gasteiger charge is -2.16. The molecule has 0 radical (unpaired) electrons. The van der Waals surface area contributed by atoms with E-state index < -0.39 is 11.0 Å². The monoisotopic (exact) mass is 339 g/mol. The molecule has 7 heteroatoms. The van der Waals surface area contributed by atoms with Crippen LogP contribution in [0.1, 0.15) is 12.0 Å². The number of anilines is 1. The van der Waals surface area contributed by atoms with Crippen molar-refractivity contribution in [1.29, 1.82) is 0 Å². The van der Waals surface area contributed by atoms with Gasteiger partial charge < -0.3 is 5.32 Å². The van der Waals surface area contributed by atoms with Crippen molar-refractivity contribution in [2.45, 2.75) is 18.9 Å². The molecular weight excluding hydrogens is 322 g/mol. The highest BCUT2D eigenvalue weighted by Gasteiger charge is 2.38. The molecule has 1 N–H and O–H groups in total. The van der Waals surface area contributed by atoms with Crippen LogP contribution in [-0.4, -0.2) is 34.2 Å². The highest BCUT2D eigenvalue weighted by Crippen LogP contribution is 2.22. The molecule has 0 saturated carbocycles. The number of carbonyl (C=O) groups excluding carboxylic acids is 2. The summed E-state index contributed by atoms with van der Waals surface area (Å²) in [5, 5.41) is 13.8. The Balaban J connectivity index is 1.65. The first-order chi connectivity index (χ1) is 12.0. The first-order valence-corrected chi connectivity index (χ1v) is 7.94. The second-order valence-corrected chi connectivity index (χ2v) is 5.83. The SMILES string of the molecule is O=C1C[C@H](Nc2cccc([N+](=O)[O-])c2)C(=O)N1CCc1ccccc1. The summed E-state index contributed by atoms with van der Waals surface area (Å²) in [4.78, 5) is 36.2. The number of benzene rings is 2. The van der Waals surface area contributed by atoms with Gasteiger partial charge in [-0.25, -0.2) is 0 Å². The summed E-state index contributed by atoms with van der Waals surface area (Å²) in [6, 6.07) is 14.8. The standard InChI is InChI=1S/C18H17N3O4/c22-17-12-16(19-14-7-4-8-15(11-14)21(24)25)18(23)20(17)10-9-13-5-2-1-3-6-13/h1-8,11,16,19H,9-10,12H2/t16-/m0/s1. The Morgan fingerprint density at radius 1 is 1.12 bits per heavy atom. The van der Waals surface area contributed by atoms with Gasteiger partial charge in [0.2, 0.25) is 5.91 Å². The molecule has 25 heavy (non-hydrogen) atoms. The number of likely N-dealkylation sites (tertiary alicyclic amines) is 1. The smallest absolute Gasteiger partial charge is 0.271 e. The van der Waals surface area contributed by atoms with Crippen molar-refractivity contribution in [3.8, 4) is 0 Å². The zero-order chi connectivity index (χ0) is 17.8. The third kappa shape index (κ3) is 3.82. The first kappa shape index (κ1) is 16.6. The minimum atomic E-state index is -0.690. The number of imide groups is 1. The van der Waals surface area contributed by atoms with Crippen LogP contribution < -0.4 is 5.32 Å². The first-order valence-electron chi connectivity index (χ1n) is 7.94. The number of nitro benzene ring substituents is 1. The van der Waals surface area contributed by atoms with Gasteiger partial charge in [-0.1, -0.05) is 36.4 Å². The molecule has 2 aromatic rings. The maximum absolute atomic E-state index is 12.5. The number of non-ortho nitro benzene ring substituents is 1. The Labute approximate surface area is 144 Å². The molecular formula is C18H17N3O4. The molecule has 1 aliphatic heterocycles. The molecule has 2 aromatic carbocycles. The summed E-state index contributed by atoms with van der Waals surface area (Å²) in [5.74, 6) is -0.531. The van der Waals surface area contributed by atoms with E-state index in [1.54, 1.807) is 6.07 Å². The van der Waals surface area contributed by atoms with Gasteiger partial charge in [-0.3, -0.25) is 24.6 Å². The zero-order valence-corrected chi connectivity index (χ0v) is 13.4. The van der Waals surface area contributed by atoms with E-state index in [-0.39, 0.29) is 23.9 Å². The lowest BCUT2D eigenvalue weighted by Crippen LogP contribution is -2.36. The van der Waals surface area contributed by atoms with E-state index in [0.717, 1.165) is 5.56 Å². The average Bonchev–Trinajstić information content (AvgIpc) is 2.87. The molecule has 1 heterocycles. The van der Waals surface area contributed by atoms with Gasteiger partial charge in [-0.15, -0.1) is 0 Å². The van der Waals surface area contributed by atoms with Crippen LogP contribution in [0, 0.1) is 10.1 Å². The highest BCUT2D eigenvalue weighted by atomic mass is 16.6. The van der Waals surface area contributed by atoms with Crippen LogP contribution in [0.2, 0.25) is 0 Å². The second kappa shape index (κ2) is 7.12. The molecule has 3 rings (SSSR count). The molecule has 0 bridgehead atoms. The fourth-order valence-electron chi connectivity index (χ4n) is 2.83. The van der Waals surface area contributed by atoms with Crippen molar-refractivity contribution in [3.05, 3.63) is 70.3 Å². The molecule has 0 unspecified atom stereocenters. The van der Waals surface area contributed by atoms with Gasteiger partial charge in [-0.05, 0) is 18.1 Å². The minimum Gasteiger partial charge on any atom is -0.373 e. The molecule has 1 atom stereocenters. The van der Waals surface area contributed by atoms with Gasteiger partial charge in [0.25, 0.3) is 11.6 Å². The van der Waals surface area contributed by atoms with Gasteiger partial charge in [0.1, 0.15) is 6.04 Å². The number of hydrogen-bond acceptors (Lipinski definition) is 5. The number of carbonyl (C=O) groups is 2. The number of nitrogens with zero attached hydrogens (tertiary/aromatic N) is 2. The topological polar surface area (TPSA) is 92.5 Å². The van der Waals surface area contributed by atoms with Gasteiger partial charge in [0.05, 0.1) is 11.3 Å². The molecule has 0 aliphatic carbocycles. The van der Waals surface area contributed by atoms with Gasteiger partial charge in [-0.2, -0.15) is 0 Å². The second-order valence-electron chi connectivity index (χ2n) is 5.83. The lowest BCUT2D eigenvalue weighted by atomic mass is 10.1. The fraction of sp³-hybridized carbons (Fsp3) is 0.222. The normalized spacial score (nSPS) is 17.0. The van der Waals surface area contributed by atoms with Crippen molar-refractivity contribution >= 4 is 23.2 Å². The lowest BCUT2D eigenvalue weighted by molar-refractivity contribution is -0.384. The number of nitrogens with one attached hydrogen (secondary N) is 1. The number of hydrogen-bond donors (Lipinski definition) is 1. The van der Waals surface area contributed by atoms with Crippen LogP contribution in [0.25, 0.3) is 0 Å². The van der Waals surface area contributed by atoms with E-state index in [0.29, 0.717) is 18.7 Å². The van der Waals surface area contributed by atoms with Crippen LogP contribution in [0.15, 0.2) is 54.6 Å². The number of amides is 2. The molecule has 2 amide bonds. The van der Waals surface area contributed by atoms with Crippen molar-refractivity contribution < 1.29 is 14.5 Å². The Hall–Kier alpha value is -3.22. The molecule has 0 aromatic heterocycles. The third-order valence-corrected chi connectivity index (χ3v) is 4.11. The van der Waals surface area contributed by atoms with Crippen LogP contribution in [0.3, 0.4) is 0 Å². The average molecular weight is 339 g/mol. The summed E-state index contributed by atoms with van der Waals surface area (Å²) >= 11 is 0. The summed E-state index contributed by atoms with van der Waals surface area (Å²) in [6.45, 7) is 0.328. The number of nitro groups is 1. The highest BCUT2D eigenvalue weighted by molar-refractivity contribution is 6.06. The minimum absolute atomic E-state index is 0.0519. The van der Waals surface area contributed by atoms with Gasteiger partial charge in [0, 0.05) is 24.4 Å². The van der Waals surface area contributed by atoms with Gasteiger partial charge in [0.15, 0.2) is 0 Å². The van der Waals surface area contributed by atoms with E-state index in [2.05, 4.69) is 5.32 Å². The van der Waals surface area contributed by atoms with Crippen LogP contribution in [-0.2, 0) is 16.0 Å². The van der Waals surface area contributed by atoms with Crippen molar-refractivity contribution in [2.24, 2.45) is 0 Å². The summed E-state index contributed by atoms with van der Waals surface area (Å²) in [5.41, 5.74) is 1.44. The van der Waals surface area contributed by atoms with Crippen molar-refractivity contribution in [3.63, 3.8) is 0 Å². The van der Waals surface area contributed by atoms with Crippen molar-refractivity contribution in [1.82, 2.24) is 4.90 Å². The molecule has 1 saturated heterocycles. The summed E-state index contributed by atoms with van der Waals surface area (Å²) in [7, 11) is 0. The Bertz CT molecular complexity index is 807. The summed E-state index contributed by atoms with van der Waals surface area (Å²) in [6.07, 6.45) is 0.651.